The van der Waals surface area contributed by atoms with Gasteiger partial charge in [-0.05, 0) is 30.7 Å². The predicted octanol–water partition coefficient (Wildman–Crippen LogP) is 4.74. The maximum atomic E-state index is 12.3. The highest BCUT2D eigenvalue weighted by atomic mass is 32.1. The molecule has 1 amide bonds. The lowest BCUT2D eigenvalue weighted by Gasteiger charge is -2.11. The number of fused-ring (bicyclic) bond motifs is 1. The Hall–Kier alpha value is -3.80. The van der Waals surface area contributed by atoms with Crippen LogP contribution in [0.2, 0.25) is 0 Å². The first-order valence-electron chi connectivity index (χ1n) is 9.43. The van der Waals surface area contributed by atoms with Crippen molar-refractivity contribution in [3.8, 4) is 21.8 Å². The third-order valence-corrected chi connectivity index (χ3v) is 5.44. The molecule has 0 saturated carbocycles. The van der Waals surface area contributed by atoms with Crippen LogP contribution in [0.25, 0.3) is 32.8 Å². The number of aliphatic carboxylic acids is 1. The molecule has 0 spiro atoms. The number of benzene rings is 1. The number of amides is 1. The van der Waals surface area contributed by atoms with E-state index in [1.165, 1.54) is 11.3 Å². The van der Waals surface area contributed by atoms with Crippen molar-refractivity contribution in [3.05, 3.63) is 53.8 Å². The number of rotatable bonds is 4. The minimum atomic E-state index is -5.08. The van der Waals surface area contributed by atoms with E-state index in [9.17, 15) is 18.0 Å². The van der Waals surface area contributed by atoms with Crippen LogP contribution in [0.1, 0.15) is 16.6 Å². The highest BCUT2D eigenvalue weighted by Gasteiger charge is 2.38. The van der Waals surface area contributed by atoms with Gasteiger partial charge in [0, 0.05) is 31.5 Å². The van der Waals surface area contributed by atoms with Crippen molar-refractivity contribution in [2.45, 2.75) is 13.1 Å². The molecule has 3 heterocycles. The Morgan fingerprint density at radius 1 is 1.18 bits per heavy atom. The predicted molar refractivity (Wildman–Crippen MR) is 115 cm³/mol. The number of carbonyl (C=O) groups is 2. The Morgan fingerprint density at radius 2 is 1.91 bits per heavy atom. The molecule has 4 rings (SSSR count). The number of hydrogen-bond acceptors (Lipinski definition) is 7. The minimum absolute atomic E-state index is 0.0390. The summed E-state index contributed by atoms with van der Waals surface area (Å²) in [7, 11) is 1.77. The van der Waals surface area contributed by atoms with Gasteiger partial charge in [0.25, 0.3) is 5.91 Å². The molecule has 0 atom stereocenters. The number of carbonyl (C=O) groups excluding carboxylic acids is 1. The summed E-state index contributed by atoms with van der Waals surface area (Å²) in [5, 5.41) is 12.8. The summed E-state index contributed by atoms with van der Waals surface area (Å²) >= 11 is 1.32. The largest absolute Gasteiger partial charge is 0.490 e. The molecular formula is C21H17F3N4O4S. The van der Waals surface area contributed by atoms with E-state index < -0.39 is 12.1 Å². The van der Waals surface area contributed by atoms with Gasteiger partial charge in [0.15, 0.2) is 5.58 Å². The number of hydrogen-bond donors (Lipinski definition) is 1. The quantitative estimate of drug-likeness (QED) is 0.451. The van der Waals surface area contributed by atoms with Crippen LogP contribution in [0.5, 0.6) is 0 Å². The van der Waals surface area contributed by atoms with E-state index in [4.69, 9.17) is 14.4 Å². The van der Waals surface area contributed by atoms with Gasteiger partial charge in [-0.15, -0.1) is 11.3 Å². The van der Waals surface area contributed by atoms with Gasteiger partial charge < -0.3 is 14.5 Å². The molecule has 1 N–H and O–H groups in total. The van der Waals surface area contributed by atoms with Gasteiger partial charge in [0.1, 0.15) is 15.6 Å². The van der Waals surface area contributed by atoms with Gasteiger partial charge in [-0.25, -0.2) is 9.78 Å². The van der Waals surface area contributed by atoms with E-state index >= 15 is 0 Å². The summed E-state index contributed by atoms with van der Waals surface area (Å²) in [5.74, 6) is -2.80. The van der Waals surface area contributed by atoms with Crippen LogP contribution in [0, 0.1) is 0 Å². The van der Waals surface area contributed by atoms with Crippen molar-refractivity contribution in [2.75, 3.05) is 13.6 Å². The van der Waals surface area contributed by atoms with Gasteiger partial charge in [0.05, 0.1) is 11.6 Å². The smallest absolute Gasteiger partial charge is 0.475 e. The second-order valence-corrected chi connectivity index (χ2v) is 7.67. The third-order valence-electron chi connectivity index (χ3n) is 4.45. The number of halogens is 3. The molecule has 0 fully saturated rings. The lowest BCUT2D eigenvalue weighted by Crippen LogP contribution is -2.25. The van der Waals surface area contributed by atoms with Crippen molar-refractivity contribution >= 4 is 34.2 Å². The number of pyridine rings is 1. The zero-order valence-corrected chi connectivity index (χ0v) is 18.1. The minimum Gasteiger partial charge on any atom is -0.475 e. The molecule has 172 valence electrons. The second kappa shape index (κ2) is 9.77. The second-order valence-electron chi connectivity index (χ2n) is 6.64. The zero-order valence-electron chi connectivity index (χ0n) is 17.3. The first-order chi connectivity index (χ1) is 15.6. The molecule has 3 aromatic heterocycles. The van der Waals surface area contributed by atoms with Gasteiger partial charge in [-0.3, -0.25) is 9.78 Å². The monoisotopic (exact) mass is 478 g/mol. The van der Waals surface area contributed by atoms with Crippen LogP contribution in [-0.2, 0) is 4.79 Å². The molecule has 4 aromatic rings. The van der Waals surface area contributed by atoms with Gasteiger partial charge in [0.2, 0.25) is 0 Å². The van der Waals surface area contributed by atoms with Crippen LogP contribution in [0.15, 0.2) is 53.4 Å². The Balaban J connectivity index is 0.000000383. The fraction of sp³-hybridized carbons (Fsp3) is 0.190. The van der Waals surface area contributed by atoms with Gasteiger partial charge in [-0.1, -0.05) is 17.3 Å². The van der Waals surface area contributed by atoms with Gasteiger partial charge >= 0.3 is 12.1 Å². The molecule has 0 saturated heterocycles. The molecule has 0 aliphatic rings. The fourth-order valence-electron chi connectivity index (χ4n) is 2.62. The number of aromatic nitrogens is 3. The topological polar surface area (TPSA) is 109 Å². The first-order valence-corrected chi connectivity index (χ1v) is 10.2. The van der Waals surface area contributed by atoms with E-state index in [0.29, 0.717) is 27.7 Å². The number of carboxylic acid groups (broad SMARTS) is 1. The van der Waals surface area contributed by atoms with Crippen LogP contribution < -0.4 is 0 Å². The average Bonchev–Trinajstić information content (AvgIpc) is 3.45. The molecule has 33 heavy (non-hydrogen) atoms. The summed E-state index contributed by atoms with van der Waals surface area (Å²) in [4.78, 5) is 31.9. The highest BCUT2D eigenvalue weighted by Crippen LogP contribution is 2.33. The molecule has 0 aliphatic carbocycles. The Labute approximate surface area is 189 Å². The van der Waals surface area contributed by atoms with Crippen molar-refractivity contribution in [1.29, 1.82) is 0 Å². The molecule has 0 radical (unpaired) electrons. The SMILES string of the molecule is CCN(C)C(=O)c1cnc(-c2noc3cc(-c4cccnc4)ccc23)s1.O=C(O)C(F)(F)F. The molecule has 0 aliphatic heterocycles. The number of alkyl halides is 3. The summed E-state index contributed by atoms with van der Waals surface area (Å²) in [6, 6.07) is 9.80. The molecule has 1 aromatic carbocycles. The summed E-state index contributed by atoms with van der Waals surface area (Å²) < 4.78 is 37.2. The van der Waals surface area contributed by atoms with Crippen LogP contribution in [0.3, 0.4) is 0 Å². The first kappa shape index (κ1) is 23.9. The summed E-state index contributed by atoms with van der Waals surface area (Å²) in [6.07, 6.45) is 0.0618. The molecule has 8 nitrogen and oxygen atoms in total. The van der Waals surface area contributed by atoms with E-state index in [1.807, 2.05) is 37.3 Å². The van der Waals surface area contributed by atoms with E-state index in [-0.39, 0.29) is 5.91 Å². The van der Waals surface area contributed by atoms with E-state index in [2.05, 4.69) is 15.1 Å². The van der Waals surface area contributed by atoms with Gasteiger partial charge in [-0.2, -0.15) is 13.2 Å². The van der Waals surface area contributed by atoms with Crippen molar-refractivity contribution < 1.29 is 32.4 Å². The van der Waals surface area contributed by atoms with Crippen LogP contribution >= 0.6 is 11.3 Å². The zero-order chi connectivity index (χ0) is 24.2. The Morgan fingerprint density at radius 3 is 2.52 bits per heavy atom. The molecular weight excluding hydrogens is 461 g/mol. The number of carboxylic acids is 1. The lowest BCUT2D eigenvalue weighted by atomic mass is 10.1. The molecule has 0 bridgehead atoms. The number of nitrogens with zero attached hydrogens (tertiary/aromatic N) is 4. The maximum absolute atomic E-state index is 12.3. The highest BCUT2D eigenvalue weighted by molar-refractivity contribution is 7.17. The van der Waals surface area contributed by atoms with E-state index in [0.717, 1.165) is 16.5 Å². The standard InChI is InChI=1S/C19H16N4O2S.C2HF3O2/c1-3-23(2)19(24)16-11-21-18(26-16)17-14-7-6-12(9-15(14)25-22-17)13-5-4-8-20-10-13;3-2(4,5)1(6)7/h4-11H,3H2,1-2H3;(H,6,7). The van der Waals surface area contributed by atoms with Crippen LogP contribution in [-0.4, -0.2) is 56.8 Å². The van der Waals surface area contributed by atoms with Crippen molar-refractivity contribution in [3.63, 3.8) is 0 Å². The maximum Gasteiger partial charge on any atom is 0.490 e. The molecule has 0 unspecified atom stereocenters. The van der Waals surface area contributed by atoms with E-state index in [1.54, 1.807) is 30.5 Å². The summed E-state index contributed by atoms with van der Waals surface area (Å²) in [6.45, 7) is 2.58. The third kappa shape index (κ3) is 5.52. The molecule has 12 heteroatoms. The Kier molecular flexibility index (Phi) is 7.07. The fourth-order valence-corrected chi connectivity index (χ4v) is 3.53. The normalized spacial score (nSPS) is 11.1. The average molecular weight is 478 g/mol. The number of thiazole rings is 1. The van der Waals surface area contributed by atoms with Crippen LogP contribution in [0.4, 0.5) is 13.2 Å². The Bertz CT molecular complexity index is 1270. The summed E-state index contributed by atoms with van der Waals surface area (Å²) in [5.41, 5.74) is 3.35. The van der Waals surface area contributed by atoms with Crippen molar-refractivity contribution in [2.24, 2.45) is 0 Å². The lowest BCUT2D eigenvalue weighted by molar-refractivity contribution is -0.192. The van der Waals surface area contributed by atoms with Crippen molar-refractivity contribution in [1.82, 2.24) is 20.0 Å².